The highest BCUT2D eigenvalue weighted by Crippen LogP contribution is 2.33. The molecule has 0 aliphatic carbocycles. The van der Waals surface area contributed by atoms with Crippen LogP contribution in [0.25, 0.3) is 0 Å². The summed E-state index contributed by atoms with van der Waals surface area (Å²) < 4.78 is 5.24. The average molecular weight is 274 g/mol. The van der Waals surface area contributed by atoms with Crippen LogP contribution >= 0.6 is 0 Å². The normalized spacial score (nSPS) is 17.1. The molecule has 2 rings (SSSR count). The van der Waals surface area contributed by atoms with Crippen molar-refractivity contribution in [1.29, 1.82) is 5.26 Å². The SMILES string of the molecule is CC(C)(C)OC(=O)N1CC(O)(c2cccc(C#N)c2)C1. The van der Waals surface area contributed by atoms with Gasteiger partial charge in [0.15, 0.2) is 0 Å². The summed E-state index contributed by atoms with van der Waals surface area (Å²) in [6.45, 7) is 5.75. The maximum atomic E-state index is 11.8. The number of likely N-dealkylation sites (tertiary alicyclic amines) is 1. The molecule has 1 aromatic carbocycles. The molecule has 1 aliphatic heterocycles. The summed E-state index contributed by atoms with van der Waals surface area (Å²) in [5, 5.41) is 19.3. The second kappa shape index (κ2) is 4.80. The first-order chi connectivity index (χ1) is 9.23. The smallest absolute Gasteiger partial charge is 0.410 e. The van der Waals surface area contributed by atoms with Gasteiger partial charge in [0.2, 0.25) is 0 Å². The first-order valence-corrected chi connectivity index (χ1v) is 6.44. The van der Waals surface area contributed by atoms with Crippen molar-refractivity contribution in [2.75, 3.05) is 13.1 Å². The molecule has 0 unspecified atom stereocenters. The van der Waals surface area contributed by atoms with Crippen molar-refractivity contribution in [3.63, 3.8) is 0 Å². The Morgan fingerprint density at radius 3 is 2.65 bits per heavy atom. The number of carbonyl (C=O) groups is 1. The Bertz CT molecular complexity index is 563. The van der Waals surface area contributed by atoms with Crippen molar-refractivity contribution in [2.45, 2.75) is 32.0 Å². The zero-order valence-electron chi connectivity index (χ0n) is 11.9. The molecular weight excluding hydrogens is 256 g/mol. The largest absolute Gasteiger partial charge is 0.444 e. The molecule has 1 N–H and O–H groups in total. The molecule has 106 valence electrons. The number of rotatable bonds is 1. The Balaban J connectivity index is 2.04. The molecule has 1 heterocycles. The predicted octanol–water partition coefficient (Wildman–Crippen LogP) is 2.00. The second-order valence-corrected chi connectivity index (χ2v) is 6.06. The zero-order chi connectivity index (χ0) is 15.0. The van der Waals surface area contributed by atoms with Gasteiger partial charge in [-0.15, -0.1) is 0 Å². The number of amides is 1. The first-order valence-electron chi connectivity index (χ1n) is 6.44. The van der Waals surface area contributed by atoms with E-state index in [0.717, 1.165) is 0 Å². The molecule has 0 aromatic heterocycles. The number of aliphatic hydroxyl groups is 1. The summed E-state index contributed by atoms with van der Waals surface area (Å²) in [6, 6.07) is 8.84. The van der Waals surface area contributed by atoms with E-state index in [9.17, 15) is 9.90 Å². The van der Waals surface area contributed by atoms with E-state index >= 15 is 0 Å². The highest BCUT2D eigenvalue weighted by atomic mass is 16.6. The number of benzene rings is 1. The lowest BCUT2D eigenvalue weighted by atomic mass is 9.86. The van der Waals surface area contributed by atoms with E-state index in [1.54, 1.807) is 45.0 Å². The van der Waals surface area contributed by atoms with Crippen LogP contribution in [0.15, 0.2) is 24.3 Å². The Labute approximate surface area is 118 Å². The van der Waals surface area contributed by atoms with Crippen LogP contribution in [0.4, 0.5) is 4.79 Å². The van der Waals surface area contributed by atoms with Gasteiger partial charge in [-0.25, -0.2) is 4.79 Å². The molecule has 0 spiro atoms. The van der Waals surface area contributed by atoms with Crippen molar-refractivity contribution in [1.82, 2.24) is 4.90 Å². The quantitative estimate of drug-likeness (QED) is 0.850. The first kappa shape index (κ1) is 14.4. The van der Waals surface area contributed by atoms with Crippen molar-refractivity contribution in [2.24, 2.45) is 0 Å². The van der Waals surface area contributed by atoms with E-state index in [2.05, 4.69) is 0 Å². The van der Waals surface area contributed by atoms with Crippen LogP contribution in [0.3, 0.4) is 0 Å². The Morgan fingerprint density at radius 2 is 2.10 bits per heavy atom. The maximum Gasteiger partial charge on any atom is 0.410 e. The third-order valence-corrected chi connectivity index (χ3v) is 3.09. The van der Waals surface area contributed by atoms with Gasteiger partial charge in [-0.1, -0.05) is 12.1 Å². The Morgan fingerprint density at radius 1 is 1.45 bits per heavy atom. The van der Waals surface area contributed by atoms with Gasteiger partial charge in [0.25, 0.3) is 0 Å². The van der Waals surface area contributed by atoms with Crippen molar-refractivity contribution < 1.29 is 14.6 Å². The molecule has 0 atom stereocenters. The van der Waals surface area contributed by atoms with Gasteiger partial charge in [0.1, 0.15) is 11.2 Å². The summed E-state index contributed by atoms with van der Waals surface area (Å²) in [6.07, 6.45) is -0.432. The fourth-order valence-electron chi connectivity index (χ4n) is 2.10. The van der Waals surface area contributed by atoms with E-state index in [4.69, 9.17) is 10.00 Å². The van der Waals surface area contributed by atoms with Gasteiger partial charge in [-0.3, -0.25) is 0 Å². The Hall–Kier alpha value is -2.06. The molecule has 5 heteroatoms. The predicted molar refractivity (Wildman–Crippen MR) is 72.9 cm³/mol. The third kappa shape index (κ3) is 2.91. The summed E-state index contributed by atoms with van der Waals surface area (Å²) in [5.74, 6) is 0. The van der Waals surface area contributed by atoms with E-state index in [1.165, 1.54) is 4.90 Å². The average Bonchev–Trinajstić information content (AvgIpc) is 2.33. The van der Waals surface area contributed by atoms with Crippen molar-refractivity contribution in [3.8, 4) is 6.07 Å². The van der Waals surface area contributed by atoms with Crippen LogP contribution in [0.5, 0.6) is 0 Å². The number of hydrogen-bond donors (Lipinski definition) is 1. The molecule has 1 aromatic rings. The molecular formula is C15H18N2O3. The molecule has 5 nitrogen and oxygen atoms in total. The molecule has 0 radical (unpaired) electrons. The minimum Gasteiger partial charge on any atom is -0.444 e. The minimum absolute atomic E-state index is 0.177. The van der Waals surface area contributed by atoms with E-state index < -0.39 is 17.3 Å². The number of nitrogens with zero attached hydrogens (tertiary/aromatic N) is 2. The molecule has 0 bridgehead atoms. The number of ether oxygens (including phenoxy) is 1. The lowest BCUT2D eigenvalue weighted by Crippen LogP contribution is -2.61. The lowest BCUT2D eigenvalue weighted by Gasteiger charge is -2.46. The van der Waals surface area contributed by atoms with E-state index in [-0.39, 0.29) is 13.1 Å². The van der Waals surface area contributed by atoms with Crippen LogP contribution in [-0.2, 0) is 10.3 Å². The minimum atomic E-state index is -1.09. The standard InChI is InChI=1S/C15H18N2O3/c1-14(2,3)20-13(18)17-9-15(19,10-17)12-6-4-5-11(7-12)8-16/h4-7,19H,9-10H2,1-3H3. The summed E-state index contributed by atoms with van der Waals surface area (Å²) in [5.41, 5.74) is -0.502. The topological polar surface area (TPSA) is 73.6 Å². The monoisotopic (exact) mass is 274 g/mol. The molecule has 1 saturated heterocycles. The zero-order valence-corrected chi connectivity index (χ0v) is 11.9. The molecule has 0 saturated carbocycles. The van der Waals surface area contributed by atoms with Crippen LogP contribution in [-0.4, -0.2) is 34.8 Å². The Kier molecular flexibility index (Phi) is 3.45. The van der Waals surface area contributed by atoms with E-state index in [0.29, 0.717) is 11.1 Å². The fourth-order valence-corrected chi connectivity index (χ4v) is 2.10. The lowest BCUT2D eigenvalue weighted by molar-refractivity contribution is -0.103. The maximum absolute atomic E-state index is 11.8. The summed E-state index contributed by atoms with van der Waals surface area (Å²) in [4.78, 5) is 13.3. The van der Waals surface area contributed by atoms with Gasteiger partial charge >= 0.3 is 6.09 Å². The molecule has 1 amide bonds. The highest BCUT2D eigenvalue weighted by molar-refractivity contribution is 5.70. The number of β-amino-alcohol motifs (C(OH)–C–C–N with tert-alkyl or cyclic N) is 1. The van der Waals surface area contributed by atoms with E-state index in [1.807, 2.05) is 6.07 Å². The van der Waals surface area contributed by atoms with Crippen LogP contribution in [0.2, 0.25) is 0 Å². The van der Waals surface area contributed by atoms with Gasteiger partial charge in [0.05, 0.1) is 24.7 Å². The second-order valence-electron chi connectivity index (χ2n) is 6.06. The molecule has 1 aliphatic rings. The van der Waals surface area contributed by atoms with Crippen molar-refractivity contribution in [3.05, 3.63) is 35.4 Å². The number of carbonyl (C=O) groups excluding carboxylic acids is 1. The molecule has 20 heavy (non-hydrogen) atoms. The van der Waals surface area contributed by atoms with Crippen LogP contribution < -0.4 is 0 Å². The van der Waals surface area contributed by atoms with Gasteiger partial charge in [-0.05, 0) is 38.5 Å². The third-order valence-electron chi connectivity index (χ3n) is 3.09. The summed E-state index contributed by atoms with van der Waals surface area (Å²) in [7, 11) is 0. The van der Waals surface area contributed by atoms with Crippen molar-refractivity contribution >= 4 is 6.09 Å². The van der Waals surface area contributed by atoms with Gasteiger partial charge in [-0.2, -0.15) is 5.26 Å². The van der Waals surface area contributed by atoms with Crippen LogP contribution in [0.1, 0.15) is 31.9 Å². The fraction of sp³-hybridized carbons (Fsp3) is 0.467. The van der Waals surface area contributed by atoms with Gasteiger partial charge in [0, 0.05) is 0 Å². The number of nitriles is 1. The van der Waals surface area contributed by atoms with Gasteiger partial charge < -0.3 is 14.7 Å². The van der Waals surface area contributed by atoms with Crippen LogP contribution in [0, 0.1) is 11.3 Å². The number of hydrogen-bond acceptors (Lipinski definition) is 4. The highest BCUT2D eigenvalue weighted by Gasteiger charge is 2.46. The molecule has 1 fully saturated rings. The summed E-state index contributed by atoms with van der Waals surface area (Å²) >= 11 is 0.